The number of aromatic carboxylic acids is 1. The Bertz CT molecular complexity index is 619. The first-order valence-electron chi connectivity index (χ1n) is 5.70. The van der Waals surface area contributed by atoms with Crippen LogP contribution >= 0.6 is 0 Å². The van der Waals surface area contributed by atoms with Gasteiger partial charge in [0.1, 0.15) is 5.76 Å². The van der Waals surface area contributed by atoms with Gasteiger partial charge < -0.3 is 14.8 Å². The van der Waals surface area contributed by atoms with Gasteiger partial charge in [0, 0.05) is 12.6 Å². The van der Waals surface area contributed by atoms with Gasteiger partial charge in [-0.3, -0.25) is 4.79 Å². The molecule has 0 spiro atoms. The molecule has 2 aromatic rings. The molecule has 2 rings (SSSR count). The van der Waals surface area contributed by atoms with Crippen LogP contribution < -0.4 is 5.32 Å². The molecule has 0 saturated heterocycles. The number of nitrogens with one attached hydrogen (secondary N) is 1. The number of hydrogen-bond acceptors (Lipinski definition) is 4. The molecular weight excluding hydrogens is 248 g/mol. The van der Waals surface area contributed by atoms with Crippen LogP contribution in [-0.4, -0.2) is 22.0 Å². The summed E-state index contributed by atoms with van der Waals surface area (Å²) in [7, 11) is 0. The number of carbonyl (C=O) groups excluding carboxylic acids is 1. The predicted octanol–water partition coefficient (Wildman–Crippen LogP) is 2.19. The fraction of sp³-hybridized carbons (Fsp3) is 0.154. The van der Waals surface area contributed by atoms with Crippen molar-refractivity contribution in [1.82, 2.24) is 4.98 Å². The molecule has 2 N–H and O–H groups in total. The number of rotatable bonds is 4. The molecule has 0 fully saturated rings. The number of hydrogen-bond donors (Lipinski definition) is 2. The normalized spacial score (nSPS) is 10.2. The maximum atomic E-state index is 11.9. The van der Waals surface area contributed by atoms with E-state index in [1.165, 1.54) is 12.3 Å². The quantitative estimate of drug-likeness (QED) is 0.879. The second kappa shape index (κ2) is 5.34. The number of furan rings is 1. The fourth-order valence-corrected chi connectivity index (χ4v) is 1.55. The number of carbonyl (C=O) groups is 2. The van der Waals surface area contributed by atoms with Crippen LogP contribution in [0.4, 0.5) is 5.69 Å². The van der Waals surface area contributed by atoms with Crippen molar-refractivity contribution in [3.8, 4) is 0 Å². The van der Waals surface area contributed by atoms with Gasteiger partial charge >= 0.3 is 5.97 Å². The van der Waals surface area contributed by atoms with Crippen LogP contribution in [0, 0.1) is 0 Å². The lowest BCUT2D eigenvalue weighted by Crippen LogP contribution is -2.15. The van der Waals surface area contributed by atoms with Crippen molar-refractivity contribution < 1.29 is 19.1 Å². The Labute approximate surface area is 109 Å². The van der Waals surface area contributed by atoms with Crippen molar-refractivity contribution in [3.63, 3.8) is 0 Å². The zero-order chi connectivity index (χ0) is 13.8. The lowest BCUT2D eigenvalue weighted by atomic mass is 10.3. The first kappa shape index (κ1) is 12.8. The van der Waals surface area contributed by atoms with Crippen molar-refractivity contribution in [2.45, 2.75) is 13.3 Å². The maximum absolute atomic E-state index is 11.9. The molecule has 0 atom stereocenters. The number of aromatic nitrogens is 1. The highest BCUT2D eigenvalue weighted by molar-refractivity contribution is 6.05. The molecule has 0 aliphatic carbocycles. The lowest BCUT2D eigenvalue weighted by Gasteiger charge is -2.05. The molecule has 0 aromatic carbocycles. The summed E-state index contributed by atoms with van der Waals surface area (Å²) < 4.78 is 5.29. The van der Waals surface area contributed by atoms with E-state index in [-0.39, 0.29) is 17.1 Å². The Morgan fingerprint density at radius 1 is 1.37 bits per heavy atom. The van der Waals surface area contributed by atoms with Crippen LogP contribution in [0.25, 0.3) is 0 Å². The van der Waals surface area contributed by atoms with E-state index in [0.29, 0.717) is 12.2 Å². The van der Waals surface area contributed by atoms with E-state index in [1.54, 1.807) is 18.2 Å². The third kappa shape index (κ3) is 2.79. The smallest absolute Gasteiger partial charge is 0.356 e. The highest BCUT2D eigenvalue weighted by atomic mass is 16.4. The molecule has 0 radical (unpaired) electrons. The Kier molecular flexibility index (Phi) is 3.61. The first-order chi connectivity index (χ1) is 9.11. The zero-order valence-corrected chi connectivity index (χ0v) is 10.2. The van der Waals surface area contributed by atoms with E-state index in [9.17, 15) is 9.59 Å². The predicted molar refractivity (Wildman–Crippen MR) is 67.2 cm³/mol. The molecular formula is C13H12N2O4. The Morgan fingerprint density at radius 3 is 2.79 bits per heavy atom. The highest BCUT2D eigenvalue weighted by Gasteiger charge is 2.16. The van der Waals surface area contributed by atoms with Crippen LogP contribution in [0.15, 0.2) is 34.9 Å². The third-order valence-corrected chi connectivity index (χ3v) is 2.49. The average Bonchev–Trinajstić information content (AvgIpc) is 2.88. The standard InChI is InChI=1S/C13H12N2O4/c1-2-8-5-6-10(19-8)12(16)15-9-4-3-7-14-11(9)13(17)18/h3-7H,2H2,1H3,(H,15,16)(H,17,18). The SMILES string of the molecule is CCc1ccc(C(=O)Nc2cccnc2C(=O)O)o1. The van der Waals surface area contributed by atoms with Crippen LogP contribution in [0.5, 0.6) is 0 Å². The van der Waals surface area contributed by atoms with Gasteiger partial charge in [0.2, 0.25) is 0 Å². The molecule has 2 aromatic heterocycles. The number of amides is 1. The van der Waals surface area contributed by atoms with Gasteiger partial charge in [-0.2, -0.15) is 0 Å². The second-order valence-electron chi connectivity index (χ2n) is 3.78. The van der Waals surface area contributed by atoms with Gasteiger partial charge in [0.05, 0.1) is 5.69 Å². The first-order valence-corrected chi connectivity index (χ1v) is 5.70. The van der Waals surface area contributed by atoms with Gasteiger partial charge in [-0.15, -0.1) is 0 Å². The van der Waals surface area contributed by atoms with Gasteiger partial charge in [-0.05, 0) is 24.3 Å². The monoisotopic (exact) mass is 260 g/mol. The summed E-state index contributed by atoms with van der Waals surface area (Å²) in [5.41, 5.74) is -0.0763. The minimum atomic E-state index is -1.20. The number of pyridine rings is 1. The lowest BCUT2D eigenvalue weighted by molar-refractivity contribution is 0.0691. The van der Waals surface area contributed by atoms with E-state index >= 15 is 0 Å². The largest absolute Gasteiger partial charge is 0.476 e. The summed E-state index contributed by atoms with van der Waals surface area (Å²) in [6.45, 7) is 1.91. The molecule has 0 aliphatic rings. The van der Waals surface area contributed by atoms with E-state index < -0.39 is 11.9 Å². The van der Waals surface area contributed by atoms with Crippen molar-refractivity contribution in [1.29, 1.82) is 0 Å². The van der Waals surface area contributed by atoms with Crippen LogP contribution in [-0.2, 0) is 6.42 Å². The second-order valence-corrected chi connectivity index (χ2v) is 3.78. The molecule has 6 heteroatoms. The highest BCUT2D eigenvalue weighted by Crippen LogP contribution is 2.15. The summed E-state index contributed by atoms with van der Waals surface area (Å²) >= 11 is 0. The van der Waals surface area contributed by atoms with E-state index in [2.05, 4.69) is 10.3 Å². The van der Waals surface area contributed by atoms with Crippen molar-refractivity contribution in [3.05, 3.63) is 47.7 Å². The number of nitrogens with zero attached hydrogens (tertiary/aromatic N) is 1. The van der Waals surface area contributed by atoms with Gasteiger partial charge in [0.25, 0.3) is 5.91 Å². The van der Waals surface area contributed by atoms with Crippen molar-refractivity contribution >= 4 is 17.6 Å². The molecule has 0 aliphatic heterocycles. The summed E-state index contributed by atoms with van der Waals surface area (Å²) in [5.74, 6) is -0.883. The van der Waals surface area contributed by atoms with Crippen LogP contribution in [0.3, 0.4) is 0 Å². The van der Waals surface area contributed by atoms with E-state index in [1.807, 2.05) is 6.92 Å². The third-order valence-electron chi connectivity index (χ3n) is 2.49. The number of carboxylic acid groups (broad SMARTS) is 1. The Hall–Kier alpha value is -2.63. The van der Waals surface area contributed by atoms with Crippen molar-refractivity contribution in [2.75, 3.05) is 5.32 Å². The van der Waals surface area contributed by atoms with Gasteiger partial charge in [-0.25, -0.2) is 9.78 Å². The summed E-state index contributed by atoms with van der Waals surface area (Å²) in [5, 5.41) is 11.4. The molecule has 19 heavy (non-hydrogen) atoms. The van der Waals surface area contributed by atoms with Crippen molar-refractivity contribution in [2.24, 2.45) is 0 Å². The molecule has 0 unspecified atom stereocenters. The molecule has 0 bridgehead atoms. The van der Waals surface area contributed by atoms with E-state index in [0.717, 1.165) is 0 Å². The van der Waals surface area contributed by atoms with Gasteiger partial charge in [0.15, 0.2) is 11.5 Å². The molecule has 0 saturated carbocycles. The number of anilines is 1. The van der Waals surface area contributed by atoms with Gasteiger partial charge in [-0.1, -0.05) is 6.92 Å². The Balaban J connectivity index is 2.21. The molecule has 98 valence electrons. The number of carboxylic acids is 1. The van der Waals surface area contributed by atoms with Crippen LogP contribution in [0.2, 0.25) is 0 Å². The molecule has 2 heterocycles. The molecule has 1 amide bonds. The average molecular weight is 260 g/mol. The molecule has 6 nitrogen and oxygen atoms in total. The maximum Gasteiger partial charge on any atom is 0.356 e. The zero-order valence-electron chi connectivity index (χ0n) is 10.2. The number of aryl methyl sites for hydroxylation is 1. The summed E-state index contributed by atoms with van der Waals surface area (Å²) in [6, 6.07) is 6.26. The minimum absolute atomic E-state index is 0.134. The van der Waals surface area contributed by atoms with Crippen LogP contribution in [0.1, 0.15) is 33.7 Å². The fourth-order valence-electron chi connectivity index (χ4n) is 1.55. The topological polar surface area (TPSA) is 92.4 Å². The van der Waals surface area contributed by atoms with E-state index in [4.69, 9.17) is 9.52 Å². The summed E-state index contributed by atoms with van der Waals surface area (Å²) in [4.78, 5) is 26.5. The Morgan fingerprint density at radius 2 is 2.16 bits per heavy atom. The summed E-state index contributed by atoms with van der Waals surface area (Å²) in [6.07, 6.45) is 2.03. The minimum Gasteiger partial charge on any atom is -0.476 e.